The molecule has 1 amide bonds. The Hall–Kier alpha value is -2.08. The molecule has 104 valence electrons. The highest BCUT2D eigenvalue weighted by atomic mass is 35.5. The molecule has 0 unspecified atom stereocenters. The summed E-state index contributed by atoms with van der Waals surface area (Å²) in [6, 6.07) is 6.89. The van der Waals surface area contributed by atoms with Gasteiger partial charge in [-0.05, 0) is 36.4 Å². The van der Waals surface area contributed by atoms with Gasteiger partial charge in [-0.25, -0.2) is 4.98 Å². The molecular weight excluding hydrogens is 293 g/mol. The Morgan fingerprint density at radius 3 is 2.35 bits per heavy atom. The number of alkyl halides is 3. The molecule has 0 radical (unpaired) electrons. The van der Waals surface area contributed by atoms with E-state index in [9.17, 15) is 18.0 Å². The average molecular weight is 301 g/mol. The van der Waals surface area contributed by atoms with Crippen LogP contribution in [0.1, 0.15) is 15.9 Å². The molecule has 0 saturated carbocycles. The van der Waals surface area contributed by atoms with Crippen molar-refractivity contribution in [2.24, 2.45) is 0 Å². The molecule has 7 heteroatoms. The molecule has 1 aromatic heterocycles. The first-order chi connectivity index (χ1) is 9.36. The van der Waals surface area contributed by atoms with Gasteiger partial charge in [-0.2, -0.15) is 13.2 Å². The zero-order valence-electron chi connectivity index (χ0n) is 9.91. The number of rotatable bonds is 2. The van der Waals surface area contributed by atoms with Gasteiger partial charge in [-0.3, -0.25) is 4.79 Å². The maximum atomic E-state index is 12.4. The van der Waals surface area contributed by atoms with E-state index < -0.39 is 17.6 Å². The molecule has 1 N–H and O–H groups in total. The van der Waals surface area contributed by atoms with E-state index in [0.717, 1.165) is 24.3 Å². The molecule has 0 saturated heterocycles. The van der Waals surface area contributed by atoms with Crippen molar-refractivity contribution >= 4 is 23.2 Å². The van der Waals surface area contributed by atoms with Crippen LogP contribution in [0.4, 0.5) is 18.9 Å². The Kier molecular flexibility index (Phi) is 3.94. The topological polar surface area (TPSA) is 42.0 Å². The molecule has 0 bridgehead atoms. The van der Waals surface area contributed by atoms with Gasteiger partial charge >= 0.3 is 6.18 Å². The molecule has 1 aromatic carbocycles. The normalized spacial score (nSPS) is 11.2. The SMILES string of the molecule is O=C(Nc1ccnc(Cl)c1)c1ccc(C(F)(F)F)cc1. The van der Waals surface area contributed by atoms with Crippen molar-refractivity contribution in [3.05, 3.63) is 58.9 Å². The molecule has 20 heavy (non-hydrogen) atoms. The average Bonchev–Trinajstić information content (AvgIpc) is 2.38. The smallest absolute Gasteiger partial charge is 0.322 e. The van der Waals surface area contributed by atoms with Gasteiger partial charge in [0.05, 0.1) is 5.56 Å². The number of halogens is 4. The third-order valence-electron chi connectivity index (χ3n) is 2.46. The molecule has 0 spiro atoms. The predicted molar refractivity (Wildman–Crippen MR) is 68.6 cm³/mol. The van der Waals surface area contributed by atoms with Crippen LogP contribution in [0, 0.1) is 0 Å². The second-order valence-electron chi connectivity index (χ2n) is 3.90. The Bertz CT molecular complexity index is 626. The fourth-order valence-corrected chi connectivity index (χ4v) is 1.67. The van der Waals surface area contributed by atoms with Gasteiger partial charge in [0.25, 0.3) is 5.91 Å². The first kappa shape index (κ1) is 14.3. The van der Waals surface area contributed by atoms with Crippen LogP contribution in [0.5, 0.6) is 0 Å². The summed E-state index contributed by atoms with van der Waals surface area (Å²) in [5, 5.41) is 2.72. The first-order valence-electron chi connectivity index (χ1n) is 5.46. The van der Waals surface area contributed by atoms with Crippen molar-refractivity contribution in [3.63, 3.8) is 0 Å². The van der Waals surface area contributed by atoms with Gasteiger partial charge in [0.2, 0.25) is 0 Å². The van der Waals surface area contributed by atoms with Crippen molar-refractivity contribution in [2.45, 2.75) is 6.18 Å². The van der Waals surface area contributed by atoms with Crippen LogP contribution in [-0.4, -0.2) is 10.9 Å². The minimum absolute atomic E-state index is 0.117. The lowest BCUT2D eigenvalue weighted by atomic mass is 10.1. The van der Waals surface area contributed by atoms with Gasteiger partial charge in [0.1, 0.15) is 5.15 Å². The third-order valence-corrected chi connectivity index (χ3v) is 2.67. The number of anilines is 1. The summed E-state index contributed by atoms with van der Waals surface area (Å²) in [5.74, 6) is -0.527. The number of carbonyl (C=O) groups excluding carboxylic acids is 1. The number of hydrogen-bond acceptors (Lipinski definition) is 2. The van der Waals surface area contributed by atoms with E-state index in [1.165, 1.54) is 18.3 Å². The maximum absolute atomic E-state index is 12.4. The summed E-state index contributed by atoms with van der Waals surface area (Å²) in [6.07, 6.45) is -3.02. The molecular formula is C13H8ClF3N2O. The van der Waals surface area contributed by atoms with E-state index in [1.54, 1.807) is 0 Å². The molecule has 2 rings (SSSR count). The summed E-state index contributed by atoms with van der Waals surface area (Å²) >= 11 is 5.66. The van der Waals surface area contributed by atoms with Crippen molar-refractivity contribution in [3.8, 4) is 0 Å². The zero-order valence-corrected chi connectivity index (χ0v) is 10.7. The number of benzene rings is 1. The highest BCUT2D eigenvalue weighted by Crippen LogP contribution is 2.29. The molecule has 1 heterocycles. The standard InChI is InChI=1S/C13H8ClF3N2O/c14-11-7-10(5-6-18-11)19-12(20)8-1-3-9(4-2-8)13(15,16)17/h1-7H,(H,18,19,20). The highest BCUT2D eigenvalue weighted by molar-refractivity contribution is 6.29. The van der Waals surface area contributed by atoms with E-state index in [0.29, 0.717) is 5.69 Å². The Labute approximate surface area is 117 Å². The second-order valence-corrected chi connectivity index (χ2v) is 4.28. The van der Waals surface area contributed by atoms with Crippen LogP contribution in [0.25, 0.3) is 0 Å². The van der Waals surface area contributed by atoms with Crippen molar-refractivity contribution in [1.29, 1.82) is 0 Å². The molecule has 3 nitrogen and oxygen atoms in total. The lowest BCUT2D eigenvalue weighted by molar-refractivity contribution is -0.137. The van der Waals surface area contributed by atoms with Crippen molar-refractivity contribution in [1.82, 2.24) is 4.98 Å². The van der Waals surface area contributed by atoms with E-state index >= 15 is 0 Å². The number of hydrogen-bond donors (Lipinski definition) is 1. The van der Waals surface area contributed by atoms with Gasteiger partial charge in [0, 0.05) is 17.4 Å². The van der Waals surface area contributed by atoms with E-state index in [1.807, 2.05) is 0 Å². The fraction of sp³-hybridized carbons (Fsp3) is 0.0769. The minimum Gasteiger partial charge on any atom is -0.322 e. The molecule has 0 aliphatic carbocycles. The largest absolute Gasteiger partial charge is 0.416 e. The first-order valence-corrected chi connectivity index (χ1v) is 5.84. The van der Waals surface area contributed by atoms with E-state index in [2.05, 4.69) is 10.3 Å². The number of nitrogens with one attached hydrogen (secondary N) is 1. The number of pyridine rings is 1. The van der Waals surface area contributed by atoms with Crippen LogP contribution >= 0.6 is 11.6 Å². The summed E-state index contributed by atoms with van der Waals surface area (Å²) < 4.78 is 37.2. The van der Waals surface area contributed by atoms with E-state index in [4.69, 9.17) is 11.6 Å². The van der Waals surface area contributed by atoms with E-state index in [-0.39, 0.29) is 10.7 Å². The van der Waals surface area contributed by atoms with Gasteiger partial charge in [0.15, 0.2) is 0 Å². The van der Waals surface area contributed by atoms with Gasteiger partial charge < -0.3 is 5.32 Å². The Morgan fingerprint density at radius 1 is 1.15 bits per heavy atom. The number of amides is 1. The molecule has 0 atom stereocenters. The number of carbonyl (C=O) groups is 1. The van der Waals surface area contributed by atoms with Crippen LogP contribution in [0.3, 0.4) is 0 Å². The molecule has 0 fully saturated rings. The number of aromatic nitrogens is 1. The lowest BCUT2D eigenvalue weighted by Crippen LogP contribution is -2.12. The Morgan fingerprint density at radius 2 is 1.80 bits per heavy atom. The fourth-order valence-electron chi connectivity index (χ4n) is 1.49. The van der Waals surface area contributed by atoms with Crippen LogP contribution < -0.4 is 5.32 Å². The molecule has 0 aliphatic rings. The van der Waals surface area contributed by atoms with Crippen LogP contribution in [0.15, 0.2) is 42.6 Å². The van der Waals surface area contributed by atoms with Crippen molar-refractivity contribution in [2.75, 3.05) is 5.32 Å². The molecule has 0 aliphatic heterocycles. The van der Waals surface area contributed by atoms with Crippen molar-refractivity contribution < 1.29 is 18.0 Å². The monoisotopic (exact) mass is 300 g/mol. The summed E-state index contributed by atoms with van der Waals surface area (Å²) in [5.41, 5.74) is -0.276. The summed E-state index contributed by atoms with van der Waals surface area (Å²) in [7, 11) is 0. The lowest BCUT2D eigenvalue weighted by Gasteiger charge is -2.08. The number of nitrogens with zero attached hydrogens (tertiary/aromatic N) is 1. The second kappa shape index (κ2) is 5.50. The van der Waals surface area contributed by atoms with Crippen LogP contribution in [0.2, 0.25) is 5.15 Å². The van der Waals surface area contributed by atoms with Gasteiger partial charge in [-0.15, -0.1) is 0 Å². The third kappa shape index (κ3) is 3.48. The Balaban J connectivity index is 2.14. The molecule has 2 aromatic rings. The summed E-state index contributed by atoms with van der Waals surface area (Å²) in [4.78, 5) is 15.6. The van der Waals surface area contributed by atoms with Crippen LogP contribution in [-0.2, 0) is 6.18 Å². The maximum Gasteiger partial charge on any atom is 0.416 e. The predicted octanol–water partition coefficient (Wildman–Crippen LogP) is 4.01. The summed E-state index contributed by atoms with van der Waals surface area (Å²) in [6.45, 7) is 0. The minimum atomic E-state index is -4.42. The quantitative estimate of drug-likeness (QED) is 0.852. The highest BCUT2D eigenvalue weighted by Gasteiger charge is 2.30. The van der Waals surface area contributed by atoms with Gasteiger partial charge in [-0.1, -0.05) is 11.6 Å². The zero-order chi connectivity index (χ0) is 14.8.